The van der Waals surface area contributed by atoms with Crippen LogP contribution in [0.5, 0.6) is 0 Å². The van der Waals surface area contributed by atoms with Gasteiger partial charge in [-0.1, -0.05) is 35.0 Å². The maximum Gasteiger partial charge on any atom is 0.189 e. The number of piperazine rings is 1. The van der Waals surface area contributed by atoms with Crippen molar-refractivity contribution in [3.8, 4) is 0 Å². The van der Waals surface area contributed by atoms with Crippen LogP contribution in [0, 0.1) is 0 Å². The number of halogens is 1. The molecule has 0 bridgehead atoms. The number of thiocarbonyl (C=S) groups is 1. The average molecular weight is 355 g/mol. The first-order valence-corrected chi connectivity index (χ1v) is 7.99. The molecular formula is C14H19BrN4S. The highest BCUT2D eigenvalue weighted by atomic mass is 79.9. The molecular weight excluding hydrogens is 336 g/mol. The monoisotopic (exact) mass is 354 g/mol. The third-order valence-corrected chi connectivity index (χ3v) is 4.03. The molecule has 1 aromatic rings. The Hall–Kier alpha value is -0.980. The van der Waals surface area contributed by atoms with Gasteiger partial charge in [-0.15, -0.1) is 0 Å². The molecule has 0 aromatic heterocycles. The molecule has 1 saturated heterocycles. The Bertz CT molecular complexity index is 498. The topological polar surface area (TPSA) is 39.7 Å². The molecule has 20 heavy (non-hydrogen) atoms. The fraction of sp³-hybridized carbons (Fsp3) is 0.429. The quantitative estimate of drug-likeness (QED) is 0.496. The molecule has 2 N–H and O–H groups in total. The normalized spacial score (nSPS) is 16.1. The van der Waals surface area contributed by atoms with Crippen molar-refractivity contribution >= 4 is 39.0 Å². The molecule has 1 fully saturated rings. The molecule has 0 amide bonds. The van der Waals surface area contributed by atoms with Crippen molar-refractivity contribution in [3.63, 3.8) is 0 Å². The molecule has 0 atom stereocenters. The zero-order chi connectivity index (χ0) is 14.4. The number of benzene rings is 1. The van der Waals surface area contributed by atoms with Crippen molar-refractivity contribution in [2.45, 2.75) is 13.3 Å². The lowest BCUT2D eigenvalue weighted by Crippen LogP contribution is -2.49. The lowest BCUT2D eigenvalue weighted by Gasteiger charge is -2.28. The fourth-order valence-corrected chi connectivity index (χ4v) is 2.70. The minimum absolute atomic E-state index is 0.701. The Morgan fingerprint density at radius 3 is 2.85 bits per heavy atom. The minimum Gasteiger partial charge on any atom is -0.345 e. The van der Waals surface area contributed by atoms with Gasteiger partial charge in [-0.25, -0.2) is 0 Å². The van der Waals surface area contributed by atoms with E-state index in [2.05, 4.69) is 55.7 Å². The van der Waals surface area contributed by atoms with Gasteiger partial charge in [-0.2, -0.15) is 5.10 Å². The van der Waals surface area contributed by atoms with Gasteiger partial charge in [-0.3, -0.25) is 5.43 Å². The number of hydrazone groups is 1. The van der Waals surface area contributed by atoms with E-state index < -0.39 is 0 Å². The number of nitrogens with one attached hydrogen (secondary N) is 2. The van der Waals surface area contributed by atoms with Gasteiger partial charge in [0.2, 0.25) is 0 Å². The number of rotatable bonds is 3. The zero-order valence-electron chi connectivity index (χ0n) is 11.5. The molecule has 0 aliphatic carbocycles. The van der Waals surface area contributed by atoms with Crippen LogP contribution in [-0.2, 0) is 0 Å². The van der Waals surface area contributed by atoms with Crippen molar-refractivity contribution in [3.05, 3.63) is 34.3 Å². The molecule has 1 heterocycles. The van der Waals surface area contributed by atoms with Gasteiger partial charge in [0.05, 0.1) is 5.71 Å². The SMILES string of the molecule is CC/C(=N\NC(=S)N1CCNCC1)c1cccc(Br)c1. The number of nitrogens with zero attached hydrogens (tertiary/aromatic N) is 2. The Balaban J connectivity index is 2.02. The maximum absolute atomic E-state index is 5.39. The predicted molar refractivity (Wildman–Crippen MR) is 91.1 cm³/mol. The summed E-state index contributed by atoms with van der Waals surface area (Å²) in [6.07, 6.45) is 0.855. The first-order chi connectivity index (χ1) is 9.70. The summed E-state index contributed by atoms with van der Waals surface area (Å²) in [4.78, 5) is 2.14. The van der Waals surface area contributed by atoms with Crippen LogP contribution < -0.4 is 10.7 Å². The van der Waals surface area contributed by atoms with Gasteiger partial charge in [0.1, 0.15) is 0 Å². The van der Waals surface area contributed by atoms with Crippen LogP contribution in [0.25, 0.3) is 0 Å². The van der Waals surface area contributed by atoms with Crippen molar-refractivity contribution in [1.29, 1.82) is 0 Å². The summed E-state index contributed by atoms with van der Waals surface area (Å²) in [5.41, 5.74) is 5.14. The van der Waals surface area contributed by atoms with Crippen LogP contribution in [0.15, 0.2) is 33.8 Å². The molecule has 1 aliphatic heterocycles. The molecule has 1 aliphatic rings. The summed E-state index contributed by atoms with van der Waals surface area (Å²) in [6.45, 7) is 5.89. The number of hydrogen-bond acceptors (Lipinski definition) is 3. The van der Waals surface area contributed by atoms with E-state index in [0.717, 1.165) is 48.3 Å². The fourth-order valence-electron chi connectivity index (χ4n) is 2.07. The molecule has 4 nitrogen and oxygen atoms in total. The largest absolute Gasteiger partial charge is 0.345 e. The predicted octanol–water partition coefficient (Wildman–Crippen LogP) is 2.34. The Morgan fingerprint density at radius 2 is 2.20 bits per heavy atom. The molecule has 2 rings (SSSR count). The van der Waals surface area contributed by atoms with E-state index in [0.29, 0.717) is 5.11 Å². The van der Waals surface area contributed by atoms with E-state index in [4.69, 9.17) is 12.2 Å². The first kappa shape index (κ1) is 15.4. The molecule has 1 aromatic carbocycles. The standard InChI is InChI=1S/C14H19BrN4S/c1-2-13(11-4-3-5-12(15)10-11)17-18-14(20)19-8-6-16-7-9-19/h3-5,10,16H,2,6-9H2,1H3,(H,18,20)/b17-13+. The van der Waals surface area contributed by atoms with Crippen molar-refractivity contribution in [1.82, 2.24) is 15.6 Å². The van der Waals surface area contributed by atoms with Crippen LogP contribution in [0.4, 0.5) is 0 Å². The second-order valence-corrected chi connectivity index (χ2v) is 5.88. The molecule has 0 unspecified atom stereocenters. The van der Waals surface area contributed by atoms with Gasteiger partial charge in [0.25, 0.3) is 0 Å². The van der Waals surface area contributed by atoms with Gasteiger partial charge >= 0.3 is 0 Å². The Labute approximate surface area is 133 Å². The van der Waals surface area contributed by atoms with Gasteiger partial charge in [0, 0.05) is 30.7 Å². The van der Waals surface area contributed by atoms with E-state index in [1.54, 1.807) is 0 Å². The molecule has 6 heteroatoms. The summed E-state index contributed by atoms with van der Waals surface area (Å²) in [6, 6.07) is 8.15. The highest BCUT2D eigenvalue weighted by Gasteiger charge is 2.12. The van der Waals surface area contributed by atoms with Gasteiger partial charge in [-0.05, 0) is 36.3 Å². The smallest absolute Gasteiger partial charge is 0.189 e. The highest BCUT2D eigenvalue weighted by Crippen LogP contribution is 2.13. The second kappa shape index (κ2) is 7.71. The molecule has 0 radical (unpaired) electrons. The Morgan fingerprint density at radius 1 is 1.45 bits per heavy atom. The van der Waals surface area contributed by atoms with Crippen molar-refractivity contribution in [2.24, 2.45) is 5.10 Å². The summed E-state index contributed by atoms with van der Waals surface area (Å²) >= 11 is 8.87. The van der Waals surface area contributed by atoms with Crippen LogP contribution in [0.1, 0.15) is 18.9 Å². The average Bonchev–Trinajstić information content (AvgIpc) is 2.48. The van der Waals surface area contributed by atoms with Crippen LogP contribution in [0.3, 0.4) is 0 Å². The summed E-state index contributed by atoms with van der Waals surface area (Å²) in [7, 11) is 0. The highest BCUT2D eigenvalue weighted by molar-refractivity contribution is 9.10. The van der Waals surface area contributed by atoms with E-state index in [1.807, 2.05) is 12.1 Å². The van der Waals surface area contributed by atoms with Crippen LogP contribution in [0.2, 0.25) is 0 Å². The van der Waals surface area contributed by atoms with E-state index in [1.165, 1.54) is 0 Å². The third-order valence-electron chi connectivity index (χ3n) is 3.18. The molecule has 0 saturated carbocycles. The zero-order valence-corrected chi connectivity index (χ0v) is 13.9. The lowest BCUT2D eigenvalue weighted by molar-refractivity contribution is 0.353. The summed E-state index contributed by atoms with van der Waals surface area (Å²) in [5, 5.41) is 8.48. The summed E-state index contributed by atoms with van der Waals surface area (Å²) in [5.74, 6) is 0. The molecule has 108 valence electrons. The first-order valence-electron chi connectivity index (χ1n) is 6.79. The lowest BCUT2D eigenvalue weighted by atomic mass is 10.1. The van der Waals surface area contributed by atoms with Crippen LogP contribution >= 0.6 is 28.1 Å². The second-order valence-electron chi connectivity index (χ2n) is 4.58. The third kappa shape index (κ3) is 4.26. The van der Waals surface area contributed by atoms with Gasteiger partial charge < -0.3 is 10.2 Å². The van der Waals surface area contributed by atoms with E-state index in [-0.39, 0.29) is 0 Å². The molecule has 0 spiro atoms. The maximum atomic E-state index is 5.39. The van der Waals surface area contributed by atoms with Gasteiger partial charge in [0.15, 0.2) is 5.11 Å². The summed E-state index contributed by atoms with van der Waals surface area (Å²) < 4.78 is 1.06. The van der Waals surface area contributed by atoms with E-state index in [9.17, 15) is 0 Å². The van der Waals surface area contributed by atoms with Crippen molar-refractivity contribution in [2.75, 3.05) is 26.2 Å². The van der Waals surface area contributed by atoms with Crippen molar-refractivity contribution < 1.29 is 0 Å². The number of hydrogen-bond donors (Lipinski definition) is 2. The van der Waals surface area contributed by atoms with Crippen LogP contribution in [-0.4, -0.2) is 41.9 Å². The Kier molecular flexibility index (Phi) is 5.94. The minimum atomic E-state index is 0.701. The van der Waals surface area contributed by atoms with E-state index >= 15 is 0 Å².